The maximum Gasteiger partial charge on any atom is 0.269 e. The van der Waals surface area contributed by atoms with E-state index in [-0.39, 0.29) is 11.7 Å². The number of aromatic nitrogens is 2. The van der Waals surface area contributed by atoms with E-state index < -0.39 is 0 Å². The van der Waals surface area contributed by atoms with Gasteiger partial charge in [0.05, 0.1) is 14.2 Å². The molecule has 2 aromatic rings. The number of amides is 1. The number of anilines is 1. The molecular formula is C13H16N4O3. The predicted octanol–water partition coefficient (Wildman–Crippen LogP) is 0.939. The molecule has 2 rings (SSSR count). The minimum absolute atomic E-state index is 0.274. The van der Waals surface area contributed by atoms with E-state index in [2.05, 4.69) is 15.5 Å². The van der Waals surface area contributed by atoms with Crippen LogP contribution in [-0.2, 0) is 6.54 Å². The van der Waals surface area contributed by atoms with Gasteiger partial charge in [0.1, 0.15) is 11.5 Å². The molecule has 0 spiro atoms. The number of carbonyl (C=O) groups is 1. The fourth-order valence-corrected chi connectivity index (χ4v) is 1.72. The molecule has 1 aromatic heterocycles. The number of nitrogen functional groups attached to an aromatic ring is 1. The molecule has 0 saturated carbocycles. The number of hydrogen-bond donors (Lipinski definition) is 3. The minimum Gasteiger partial charge on any atom is -0.493 e. The van der Waals surface area contributed by atoms with Crippen LogP contribution in [0.15, 0.2) is 24.3 Å². The Hall–Kier alpha value is -2.70. The van der Waals surface area contributed by atoms with Gasteiger partial charge in [-0.2, -0.15) is 5.10 Å². The first-order valence-corrected chi connectivity index (χ1v) is 5.94. The van der Waals surface area contributed by atoms with Crippen molar-refractivity contribution < 1.29 is 14.3 Å². The number of ether oxygens (including phenoxy) is 2. The number of nitrogens with two attached hydrogens (primary N) is 1. The Balaban J connectivity index is 2.02. The van der Waals surface area contributed by atoms with Crippen LogP contribution >= 0.6 is 0 Å². The third kappa shape index (κ3) is 3.00. The average Bonchev–Trinajstić information content (AvgIpc) is 2.91. The first kappa shape index (κ1) is 13.7. The number of rotatable bonds is 5. The zero-order chi connectivity index (χ0) is 14.5. The summed E-state index contributed by atoms with van der Waals surface area (Å²) in [5.74, 6) is 1.26. The van der Waals surface area contributed by atoms with E-state index >= 15 is 0 Å². The van der Waals surface area contributed by atoms with Crippen LogP contribution in [0.5, 0.6) is 11.5 Å². The normalized spacial score (nSPS) is 10.1. The molecule has 7 nitrogen and oxygen atoms in total. The molecule has 0 radical (unpaired) electrons. The molecule has 0 aliphatic heterocycles. The molecule has 0 unspecified atom stereocenters. The van der Waals surface area contributed by atoms with Gasteiger partial charge in [-0.3, -0.25) is 9.89 Å². The van der Waals surface area contributed by atoms with Crippen molar-refractivity contribution in [1.82, 2.24) is 15.5 Å². The lowest BCUT2D eigenvalue weighted by Gasteiger charge is -2.10. The number of nitrogens with zero attached hydrogens (tertiary/aromatic N) is 1. The van der Waals surface area contributed by atoms with Crippen molar-refractivity contribution in [3.8, 4) is 11.5 Å². The number of benzene rings is 1. The van der Waals surface area contributed by atoms with Crippen LogP contribution in [0.1, 0.15) is 16.1 Å². The summed E-state index contributed by atoms with van der Waals surface area (Å²) in [4.78, 5) is 11.8. The number of carbonyl (C=O) groups excluding carboxylic acids is 1. The van der Waals surface area contributed by atoms with Crippen molar-refractivity contribution in [2.24, 2.45) is 0 Å². The van der Waals surface area contributed by atoms with E-state index in [0.29, 0.717) is 23.7 Å². The highest BCUT2D eigenvalue weighted by molar-refractivity contribution is 5.92. The Bertz CT molecular complexity index is 609. The summed E-state index contributed by atoms with van der Waals surface area (Å²) in [6.07, 6.45) is 0. The van der Waals surface area contributed by atoms with Crippen LogP contribution in [0, 0.1) is 0 Å². The van der Waals surface area contributed by atoms with Gasteiger partial charge in [-0.25, -0.2) is 0 Å². The first-order valence-electron chi connectivity index (χ1n) is 5.94. The Kier molecular flexibility index (Phi) is 4.09. The smallest absolute Gasteiger partial charge is 0.269 e. The number of aromatic amines is 1. The second kappa shape index (κ2) is 5.96. The van der Waals surface area contributed by atoms with Gasteiger partial charge in [-0.15, -0.1) is 0 Å². The van der Waals surface area contributed by atoms with Gasteiger partial charge >= 0.3 is 0 Å². The lowest BCUT2D eigenvalue weighted by Crippen LogP contribution is -2.23. The highest BCUT2D eigenvalue weighted by atomic mass is 16.5. The summed E-state index contributed by atoms with van der Waals surface area (Å²) in [6, 6.07) is 6.92. The van der Waals surface area contributed by atoms with Gasteiger partial charge < -0.3 is 20.5 Å². The molecule has 1 amide bonds. The highest BCUT2D eigenvalue weighted by Gasteiger charge is 2.09. The molecule has 1 heterocycles. The van der Waals surface area contributed by atoms with Crippen LogP contribution in [0.2, 0.25) is 0 Å². The molecule has 0 fully saturated rings. The molecule has 1 aromatic carbocycles. The maximum absolute atomic E-state index is 11.8. The first-order chi connectivity index (χ1) is 9.63. The van der Waals surface area contributed by atoms with Gasteiger partial charge in [0, 0.05) is 12.6 Å². The summed E-state index contributed by atoms with van der Waals surface area (Å²) >= 11 is 0. The monoisotopic (exact) mass is 276 g/mol. The standard InChI is InChI=1S/C13H16N4O3/c1-19-10-4-3-8(5-11(10)20-2)7-15-13(18)9-6-12(14)17-16-9/h3-6H,7H2,1-2H3,(H,15,18)(H3,14,16,17). The van der Waals surface area contributed by atoms with Crippen LogP contribution in [0.3, 0.4) is 0 Å². The van der Waals surface area contributed by atoms with Gasteiger partial charge in [0.25, 0.3) is 5.91 Å². The van der Waals surface area contributed by atoms with Crippen molar-refractivity contribution in [2.45, 2.75) is 6.54 Å². The quantitative estimate of drug-likeness (QED) is 0.754. The molecule has 106 valence electrons. The largest absolute Gasteiger partial charge is 0.493 e. The summed E-state index contributed by atoms with van der Waals surface area (Å²) < 4.78 is 10.4. The third-order valence-corrected chi connectivity index (χ3v) is 2.74. The second-order valence-electron chi connectivity index (χ2n) is 4.08. The van der Waals surface area contributed by atoms with Crippen LogP contribution in [0.25, 0.3) is 0 Å². The fourth-order valence-electron chi connectivity index (χ4n) is 1.72. The molecule has 20 heavy (non-hydrogen) atoms. The van der Waals surface area contributed by atoms with Crippen LogP contribution < -0.4 is 20.5 Å². The lowest BCUT2D eigenvalue weighted by molar-refractivity contribution is 0.0946. The summed E-state index contributed by atoms with van der Waals surface area (Å²) in [5.41, 5.74) is 6.66. The SMILES string of the molecule is COc1ccc(CNC(=O)c2cc(N)n[nH]2)cc1OC. The highest BCUT2D eigenvalue weighted by Crippen LogP contribution is 2.27. The summed E-state index contributed by atoms with van der Waals surface area (Å²) in [6.45, 7) is 0.359. The lowest BCUT2D eigenvalue weighted by atomic mass is 10.2. The molecule has 0 saturated heterocycles. The number of methoxy groups -OCH3 is 2. The molecule has 0 atom stereocenters. The van der Waals surface area contributed by atoms with Gasteiger partial charge in [-0.1, -0.05) is 6.07 Å². The maximum atomic E-state index is 11.8. The molecule has 0 aliphatic carbocycles. The topological polar surface area (TPSA) is 102 Å². The number of H-pyrrole nitrogens is 1. The van der Waals surface area contributed by atoms with Crippen LogP contribution in [-0.4, -0.2) is 30.3 Å². The van der Waals surface area contributed by atoms with Crippen molar-refractivity contribution in [2.75, 3.05) is 20.0 Å². The van der Waals surface area contributed by atoms with E-state index in [1.165, 1.54) is 6.07 Å². The Labute approximate surface area is 116 Å². The summed E-state index contributed by atoms with van der Waals surface area (Å²) in [5, 5.41) is 9.00. The van der Waals surface area contributed by atoms with Gasteiger partial charge in [-0.05, 0) is 17.7 Å². The van der Waals surface area contributed by atoms with Crippen molar-refractivity contribution in [3.05, 3.63) is 35.5 Å². The van der Waals surface area contributed by atoms with Crippen molar-refractivity contribution >= 4 is 11.7 Å². The van der Waals surface area contributed by atoms with E-state index in [9.17, 15) is 4.79 Å². The second-order valence-corrected chi connectivity index (χ2v) is 4.08. The minimum atomic E-state index is -0.274. The van der Waals surface area contributed by atoms with E-state index in [1.807, 2.05) is 6.07 Å². The number of hydrogen-bond acceptors (Lipinski definition) is 5. The van der Waals surface area contributed by atoms with E-state index in [0.717, 1.165) is 5.56 Å². The van der Waals surface area contributed by atoms with E-state index in [1.54, 1.807) is 26.4 Å². The van der Waals surface area contributed by atoms with Crippen molar-refractivity contribution in [3.63, 3.8) is 0 Å². The molecule has 4 N–H and O–H groups in total. The Morgan fingerprint density at radius 2 is 2.05 bits per heavy atom. The summed E-state index contributed by atoms with van der Waals surface area (Å²) in [7, 11) is 3.13. The molecule has 7 heteroatoms. The predicted molar refractivity (Wildman–Crippen MR) is 73.7 cm³/mol. The van der Waals surface area contributed by atoms with E-state index in [4.69, 9.17) is 15.2 Å². The van der Waals surface area contributed by atoms with Crippen molar-refractivity contribution in [1.29, 1.82) is 0 Å². The molecule has 0 aliphatic rings. The average molecular weight is 276 g/mol. The number of nitrogens with one attached hydrogen (secondary N) is 2. The Morgan fingerprint density at radius 3 is 2.65 bits per heavy atom. The van der Waals surface area contributed by atoms with Crippen LogP contribution in [0.4, 0.5) is 5.82 Å². The zero-order valence-electron chi connectivity index (χ0n) is 11.3. The molecule has 0 bridgehead atoms. The zero-order valence-corrected chi connectivity index (χ0v) is 11.3. The van der Waals surface area contributed by atoms with Gasteiger partial charge in [0.2, 0.25) is 0 Å². The third-order valence-electron chi connectivity index (χ3n) is 2.74. The Morgan fingerprint density at radius 1 is 1.30 bits per heavy atom. The molecular weight excluding hydrogens is 260 g/mol. The fraction of sp³-hybridized carbons (Fsp3) is 0.231. The van der Waals surface area contributed by atoms with Gasteiger partial charge in [0.15, 0.2) is 11.5 Å².